The molecule has 0 unspecified atom stereocenters. The van der Waals surface area contributed by atoms with Crippen molar-refractivity contribution in [3.05, 3.63) is 58.6 Å². The molecule has 2 aromatic carbocycles. The second kappa shape index (κ2) is 9.33. The first kappa shape index (κ1) is 19.1. The van der Waals surface area contributed by atoms with E-state index in [4.69, 9.17) is 21.1 Å². The molecule has 1 N–H and O–H groups in total. The number of benzene rings is 2. The van der Waals surface area contributed by atoms with Crippen LogP contribution in [0.1, 0.15) is 24.5 Å². The van der Waals surface area contributed by atoms with Crippen molar-refractivity contribution in [2.75, 3.05) is 13.2 Å². The normalized spacial score (nSPS) is 11.7. The SMILES string of the molecule is CC[C@H](Oc1cccc(Cl)c1)C(=O)NCCOc1ccc(C)cc1C. The molecule has 0 saturated carbocycles. The molecule has 0 bridgehead atoms. The van der Waals surface area contributed by atoms with E-state index in [1.807, 2.05) is 32.9 Å². The lowest BCUT2D eigenvalue weighted by Crippen LogP contribution is -2.39. The van der Waals surface area contributed by atoms with Crippen LogP contribution in [-0.2, 0) is 4.79 Å². The Morgan fingerprint density at radius 2 is 2.00 bits per heavy atom. The maximum atomic E-state index is 12.3. The number of carbonyl (C=O) groups excluding carboxylic acids is 1. The van der Waals surface area contributed by atoms with Gasteiger partial charge in [0.15, 0.2) is 6.10 Å². The maximum Gasteiger partial charge on any atom is 0.261 e. The van der Waals surface area contributed by atoms with Crippen LogP contribution in [0.5, 0.6) is 11.5 Å². The van der Waals surface area contributed by atoms with Gasteiger partial charge >= 0.3 is 0 Å². The second-order valence-corrected chi connectivity index (χ2v) is 6.32. The summed E-state index contributed by atoms with van der Waals surface area (Å²) in [5.41, 5.74) is 2.28. The first-order chi connectivity index (χ1) is 12.0. The Kier molecular flexibility index (Phi) is 7.14. The van der Waals surface area contributed by atoms with Crippen molar-refractivity contribution in [3.8, 4) is 11.5 Å². The largest absolute Gasteiger partial charge is 0.491 e. The molecular formula is C20H24ClNO3. The van der Waals surface area contributed by atoms with Crippen molar-refractivity contribution in [2.45, 2.75) is 33.3 Å². The highest BCUT2D eigenvalue weighted by atomic mass is 35.5. The van der Waals surface area contributed by atoms with Crippen LogP contribution >= 0.6 is 11.6 Å². The highest BCUT2D eigenvalue weighted by Gasteiger charge is 2.18. The third-order valence-electron chi connectivity index (χ3n) is 3.73. The summed E-state index contributed by atoms with van der Waals surface area (Å²) < 4.78 is 11.4. The zero-order valence-electron chi connectivity index (χ0n) is 14.8. The van der Waals surface area contributed by atoms with Crippen LogP contribution in [0.4, 0.5) is 0 Å². The van der Waals surface area contributed by atoms with Crippen LogP contribution in [-0.4, -0.2) is 25.2 Å². The molecule has 5 heteroatoms. The number of hydrogen-bond donors (Lipinski definition) is 1. The molecule has 1 atom stereocenters. The number of ether oxygens (including phenoxy) is 2. The molecule has 25 heavy (non-hydrogen) atoms. The molecule has 2 rings (SSSR count). The van der Waals surface area contributed by atoms with E-state index in [2.05, 4.69) is 11.4 Å². The van der Waals surface area contributed by atoms with Crippen molar-refractivity contribution in [1.82, 2.24) is 5.32 Å². The summed E-state index contributed by atoms with van der Waals surface area (Å²) in [6.07, 6.45) is 0.00980. The van der Waals surface area contributed by atoms with Crippen molar-refractivity contribution in [2.24, 2.45) is 0 Å². The lowest BCUT2D eigenvalue weighted by Gasteiger charge is -2.17. The highest BCUT2D eigenvalue weighted by Crippen LogP contribution is 2.20. The van der Waals surface area contributed by atoms with Crippen LogP contribution in [0, 0.1) is 13.8 Å². The number of hydrogen-bond acceptors (Lipinski definition) is 3. The third kappa shape index (κ3) is 5.98. The molecule has 1 amide bonds. The Morgan fingerprint density at radius 3 is 2.68 bits per heavy atom. The molecular weight excluding hydrogens is 338 g/mol. The summed E-state index contributed by atoms with van der Waals surface area (Å²) in [7, 11) is 0. The van der Waals surface area contributed by atoms with E-state index in [0.29, 0.717) is 30.3 Å². The van der Waals surface area contributed by atoms with E-state index in [-0.39, 0.29) is 5.91 Å². The summed E-state index contributed by atoms with van der Waals surface area (Å²) in [6, 6.07) is 13.1. The van der Waals surface area contributed by atoms with Gasteiger partial charge in [-0.25, -0.2) is 0 Å². The van der Waals surface area contributed by atoms with Gasteiger partial charge in [0.05, 0.1) is 6.54 Å². The molecule has 4 nitrogen and oxygen atoms in total. The van der Waals surface area contributed by atoms with E-state index in [1.165, 1.54) is 5.56 Å². The molecule has 0 saturated heterocycles. The monoisotopic (exact) mass is 361 g/mol. The fraction of sp³-hybridized carbons (Fsp3) is 0.350. The first-order valence-corrected chi connectivity index (χ1v) is 8.77. The second-order valence-electron chi connectivity index (χ2n) is 5.88. The molecule has 0 heterocycles. The maximum absolute atomic E-state index is 12.3. The van der Waals surface area contributed by atoms with Crippen molar-refractivity contribution in [3.63, 3.8) is 0 Å². The number of nitrogens with one attached hydrogen (secondary N) is 1. The van der Waals surface area contributed by atoms with Gasteiger partial charge in [-0.3, -0.25) is 4.79 Å². The smallest absolute Gasteiger partial charge is 0.261 e. The summed E-state index contributed by atoms with van der Waals surface area (Å²) in [5, 5.41) is 3.43. The van der Waals surface area contributed by atoms with Gasteiger partial charge in [-0.05, 0) is 50.1 Å². The van der Waals surface area contributed by atoms with Crippen molar-refractivity contribution in [1.29, 1.82) is 0 Å². The molecule has 0 radical (unpaired) electrons. The van der Waals surface area contributed by atoms with Crippen molar-refractivity contribution >= 4 is 17.5 Å². The number of amides is 1. The Labute approximate surface area is 154 Å². The van der Waals surface area contributed by atoms with E-state index in [0.717, 1.165) is 11.3 Å². The summed E-state index contributed by atoms with van der Waals surface area (Å²) >= 11 is 5.94. The van der Waals surface area contributed by atoms with Gasteiger partial charge in [-0.15, -0.1) is 0 Å². The predicted octanol–water partition coefficient (Wildman–Crippen LogP) is 4.31. The third-order valence-corrected chi connectivity index (χ3v) is 3.96. The van der Waals surface area contributed by atoms with Crippen LogP contribution in [0.2, 0.25) is 5.02 Å². The zero-order chi connectivity index (χ0) is 18.2. The molecule has 0 aliphatic carbocycles. The Bertz CT molecular complexity index is 718. The van der Waals surface area contributed by atoms with Crippen LogP contribution < -0.4 is 14.8 Å². The van der Waals surface area contributed by atoms with Gasteiger partial charge in [0.2, 0.25) is 0 Å². The summed E-state index contributed by atoms with van der Waals surface area (Å²) in [5.74, 6) is 1.26. The minimum absolute atomic E-state index is 0.160. The van der Waals surface area contributed by atoms with Gasteiger partial charge in [0, 0.05) is 5.02 Å². The standard InChI is InChI=1S/C20H24ClNO3/c1-4-18(25-17-7-5-6-16(21)13-17)20(23)22-10-11-24-19-9-8-14(2)12-15(19)3/h5-9,12-13,18H,4,10-11H2,1-3H3,(H,22,23)/t18-/m0/s1. The van der Waals surface area contributed by atoms with Crippen LogP contribution in [0.25, 0.3) is 0 Å². The van der Waals surface area contributed by atoms with E-state index < -0.39 is 6.10 Å². The molecule has 2 aromatic rings. The van der Waals surface area contributed by atoms with Gasteiger partial charge in [0.1, 0.15) is 18.1 Å². The number of aryl methyl sites for hydroxylation is 2. The first-order valence-electron chi connectivity index (χ1n) is 8.39. The topological polar surface area (TPSA) is 47.6 Å². The Hall–Kier alpha value is -2.20. The average Bonchev–Trinajstić information content (AvgIpc) is 2.58. The Morgan fingerprint density at radius 1 is 1.20 bits per heavy atom. The van der Waals surface area contributed by atoms with Crippen LogP contribution in [0.15, 0.2) is 42.5 Å². The average molecular weight is 362 g/mol. The zero-order valence-corrected chi connectivity index (χ0v) is 15.6. The van der Waals surface area contributed by atoms with E-state index in [9.17, 15) is 4.79 Å². The van der Waals surface area contributed by atoms with Gasteiger partial charge < -0.3 is 14.8 Å². The lowest BCUT2D eigenvalue weighted by atomic mass is 10.1. The molecule has 134 valence electrons. The predicted molar refractivity (Wildman–Crippen MR) is 101 cm³/mol. The summed E-state index contributed by atoms with van der Waals surface area (Å²) in [4.78, 5) is 12.3. The minimum Gasteiger partial charge on any atom is -0.491 e. The number of rotatable bonds is 8. The van der Waals surface area contributed by atoms with E-state index >= 15 is 0 Å². The minimum atomic E-state index is -0.556. The van der Waals surface area contributed by atoms with Gasteiger partial charge in [0.25, 0.3) is 5.91 Å². The highest BCUT2D eigenvalue weighted by molar-refractivity contribution is 6.30. The lowest BCUT2D eigenvalue weighted by molar-refractivity contribution is -0.128. The molecule has 0 fully saturated rings. The molecule has 0 spiro atoms. The van der Waals surface area contributed by atoms with Gasteiger partial charge in [-0.1, -0.05) is 42.3 Å². The van der Waals surface area contributed by atoms with Crippen molar-refractivity contribution < 1.29 is 14.3 Å². The van der Waals surface area contributed by atoms with Gasteiger partial charge in [-0.2, -0.15) is 0 Å². The molecule has 0 aliphatic rings. The fourth-order valence-corrected chi connectivity index (χ4v) is 2.62. The Balaban J connectivity index is 1.79. The quantitative estimate of drug-likeness (QED) is 0.713. The van der Waals surface area contributed by atoms with Crippen LogP contribution in [0.3, 0.4) is 0 Å². The van der Waals surface area contributed by atoms with E-state index in [1.54, 1.807) is 24.3 Å². The number of carbonyl (C=O) groups is 1. The summed E-state index contributed by atoms with van der Waals surface area (Å²) in [6.45, 7) is 6.78. The fourth-order valence-electron chi connectivity index (χ4n) is 2.44. The molecule has 0 aliphatic heterocycles. The number of halogens is 1. The molecule has 0 aromatic heterocycles.